The molecular formula is C16H22O4S. The standard InChI is InChI=1S/C16H22O4S/c1-12-3-7-14(8-4-12)21-20-10-9-15(16(17)18-2)19-11-13-5-6-13/h3-4,7-8,13,15H,5-6,9-11H2,1-2H3. The van der Waals surface area contributed by atoms with E-state index < -0.39 is 6.10 Å². The molecule has 1 aliphatic rings. The van der Waals surface area contributed by atoms with Crippen LogP contribution < -0.4 is 0 Å². The fourth-order valence-corrected chi connectivity index (χ4v) is 2.36. The van der Waals surface area contributed by atoms with Crippen LogP contribution in [-0.2, 0) is 18.5 Å². The molecule has 1 aromatic rings. The first-order valence-electron chi connectivity index (χ1n) is 7.24. The van der Waals surface area contributed by atoms with Crippen molar-refractivity contribution in [2.75, 3.05) is 20.3 Å². The lowest BCUT2D eigenvalue weighted by Gasteiger charge is -2.15. The minimum absolute atomic E-state index is 0.320. The molecule has 21 heavy (non-hydrogen) atoms. The van der Waals surface area contributed by atoms with Crippen LogP contribution >= 0.6 is 12.0 Å². The SMILES string of the molecule is COC(=O)C(CCOSc1ccc(C)cc1)OCC1CC1. The van der Waals surface area contributed by atoms with Gasteiger partial charge in [0.25, 0.3) is 0 Å². The Morgan fingerprint density at radius 1 is 1.33 bits per heavy atom. The summed E-state index contributed by atoms with van der Waals surface area (Å²) in [7, 11) is 1.39. The van der Waals surface area contributed by atoms with Gasteiger partial charge in [0.05, 0.1) is 20.3 Å². The predicted octanol–water partition coefficient (Wildman–Crippen LogP) is 3.38. The topological polar surface area (TPSA) is 44.8 Å². The van der Waals surface area contributed by atoms with Gasteiger partial charge in [-0.1, -0.05) is 17.7 Å². The summed E-state index contributed by atoms with van der Waals surface area (Å²) >= 11 is 1.32. The largest absolute Gasteiger partial charge is 0.467 e. The molecule has 1 aliphatic carbocycles. The van der Waals surface area contributed by atoms with Gasteiger partial charge in [0.1, 0.15) is 0 Å². The van der Waals surface area contributed by atoms with Gasteiger partial charge in [-0.25, -0.2) is 4.79 Å². The zero-order valence-corrected chi connectivity index (χ0v) is 13.4. The van der Waals surface area contributed by atoms with E-state index in [-0.39, 0.29) is 5.97 Å². The third-order valence-corrected chi connectivity index (χ3v) is 4.08. The van der Waals surface area contributed by atoms with Crippen molar-refractivity contribution in [3.8, 4) is 0 Å². The van der Waals surface area contributed by atoms with Crippen LogP contribution in [-0.4, -0.2) is 32.4 Å². The Bertz CT molecular complexity index is 442. The summed E-state index contributed by atoms with van der Waals surface area (Å²) in [6, 6.07) is 8.12. The van der Waals surface area contributed by atoms with Gasteiger partial charge in [-0.2, -0.15) is 0 Å². The zero-order valence-electron chi connectivity index (χ0n) is 12.5. The van der Waals surface area contributed by atoms with E-state index in [0.717, 1.165) is 4.90 Å². The van der Waals surface area contributed by atoms with Gasteiger partial charge >= 0.3 is 5.97 Å². The molecule has 0 aromatic heterocycles. The molecule has 2 rings (SSSR count). The van der Waals surface area contributed by atoms with E-state index in [1.807, 2.05) is 31.2 Å². The number of methoxy groups -OCH3 is 1. The average molecular weight is 310 g/mol. The Morgan fingerprint density at radius 3 is 2.67 bits per heavy atom. The highest BCUT2D eigenvalue weighted by Crippen LogP contribution is 2.29. The summed E-state index contributed by atoms with van der Waals surface area (Å²) in [4.78, 5) is 12.7. The number of esters is 1. The molecule has 116 valence electrons. The van der Waals surface area contributed by atoms with Gasteiger partial charge in [0.15, 0.2) is 6.10 Å². The number of hydrogen-bond donors (Lipinski definition) is 0. The average Bonchev–Trinajstić information content (AvgIpc) is 3.32. The molecule has 0 radical (unpaired) electrons. The van der Waals surface area contributed by atoms with E-state index in [0.29, 0.717) is 25.6 Å². The fraction of sp³-hybridized carbons (Fsp3) is 0.562. The molecule has 5 heteroatoms. The molecule has 1 aromatic carbocycles. The highest BCUT2D eigenvalue weighted by molar-refractivity contribution is 7.94. The summed E-state index contributed by atoms with van der Waals surface area (Å²) in [5.41, 5.74) is 1.22. The molecule has 0 amide bonds. The molecular weight excluding hydrogens is 288 g/mol. The first-order chi connectivity index (χ1) is 10.2. The molecule has 1 atom stereocenters. The maximum Gasteiger partial charge on any atom is 0.335 e. The second kappa shape index (κ2) is 8.41. The Balaban J connectivity index is 1.67. The van der Waals surface area contributed by atoms with Crippen molar-refractivity contribution >= 4 is 18.0 Å². The maximum atomic E-state index is 11.6. The smallest absolute Gasteiger partial charge is 0.335 e. The highest BCUT2D eigenvalue weighted by atomic mass is 32.2. The van der Waals surface area contributed by atoms with Gasteiger partial charge < -0.3 is 13.7 Å². The number of benzene rings is 1. The van der Waals surface area contributed by atoms with Crippen molar-refractivity contribution in [3.05, 3.63) is 29.8 Å². The van der Waals surface area contributed by atoms with Crippen LogP contribution in [0.1, 0.15) is 24.8 Å². The monoisotopic (exact) mass is 310 g/mol. The number of hydrogen-bond acceptors (Lipinski definition) is 5. The van der Waals surface area contributed by atoms with Crippen LogP contribution in [0, 0.1) is 12.8 Å². The van der Waals surface area contributed by atoms with Gasteiger partial charge in [-0.15, -0.1) is 0 Å². The van der Waals surface area contributed by atoms with E-state index in [1.165, 1.54) is 37.6 Å². The molecule has 0 spiro atoms. The summed E-state index contributed by atoms with van der Waals surface area (Å²) < 4.78 is 15.9. The van der Waals surface area contributed by atoms with E-state index in [4.69, 9.17) is 13.7 Å². The van der Waals surface area contributed by atoms with E-state index in [9.17, 15) is 4.79 Å². The van der Waals surface area contributed by atoms with Crippen LogP contribution in [0.3, 0.4) is 0 Å². The molecule has 0 saturated heterocycles. The van der Waals surface area contributed by atoms with E-state index in [2.05, 4.69) is 0 Å². The van der Waals surface area contributed by atoms with Crippen LogP contribution in [0.5, 0.6) is 0 Å². The normalized spacial score (nSPS) is 15.7. The summed E-state index contributed by atoms with van der Waals surface area (Å²) in [5.74, 6) is 0.305. The first-order valence-corrected chi connectivity index (χ1v) is 7.98. The molecule has 0 aliphatic heterocycles. The Hall–Kier alpha value is -1.04. The maximum absolute atomic E-state index is 11.6. The van der Waals surface area contributed by atoms with Crippen molar-refractivity contribution in [2.24, 2.45) is 5.92 Å². The molecule has 0 bridgehead atoms. The van der Waals surface area contributed by atoms with Crippen LogP contribution in [0.2, 0.25) is 0 Å². The number of ether oxygens (including phenoxy) is 2. The molecule has 1 unspecified atom stereocenters. The van der Waals surface area contributed by atoms with Crippen molar-refractivity contribution in [3.63, 3.8) is 0 Å². The molecule has 0 N–H and O–H groups in total. The zero-order chi connectivity index (χ0) is 15.1. The second-order valence-electron chi connectivity index (χ2n) is 5.30. The van der Waals surface area contributed by atoms with E-state index >= 15 is 0 Å². The lowest BCUT2D eigenvalue weighted by atomic mass is 10.2. The third kappa shape index (κ3) is 6.08. The van der Waals surface area contributed by atoms with Crippen molar-refractivity contribution in [1.29, 1.82) is 0 Å². The molecule has 0 heterocycles. The van der Waals surface area contributed by atoms with Gasteiger partial charge in [-0.3, -0.25) is 0 Å². The molecule has 4 nitrogen and oxygen atoms in total. The Morgan fingerprint density at radius 2 is 2.05 bits per heavy atom. The quantitative estimate of drug-likeness (QED) is 0.397. The van der Waals surface area contributed by atoms with Crippen LogP contribution in [0.15, 0.2) is 29.2 Å². The summed E-state index contributed by atoms with van der Waals surface area (Å²) in [6.45, 7) is 3.14. The summed E-state index contributed by atoms with van der Waals surface area (Å²) in [5, 5.41) is 0. The second-order valence-corrected chi connectivity index (χ2v) is 6.17. The van der Waals surface area contributed by atoms with E-state index in [1.54, 1.807) is 0 Å². The third-order valence-electron chi connectivity index (χ3n) is 3.33. The van der Waals surface area contributed by atoms with Crippen molar-refractivity contribution < 1.29 is 18.5 Å². The first kappa shape index (κ1) is 16.3. The Labute approximate surface area is 130 Å². The minimum Gasteiger partial charge on any atom is -0.467 e. The predicted molar refractivity (Wildman–Crippen MR) is 82.1 cm³/mol. The molecule has 1 saturated carbocycles. The lowest BCUT2D eigenvalue weighted by molar-refractivity contribution is -0.155. The number of rotatable bonds is 9. The van der Waals surface area contributed by atoms with Gasteiger partial charge in [-0.05, 0) is 37.8 Å². The number of carbonyl (C=O) groups excluding carboxylic acids is 1. The molecule has 1 fully saturated rings. The highest BCUT2D eigenvalue weighted by Gasteiger charge is 2.26. The van der Waals surface area contributed by atoms with Crippen LogP contribution in [0.4, 0.5) is 0 Å². The summed E-state index contributed by atoms with van der Waals surface area (Å²) in [6.07, 6.45) is 2.40. The lowest BCUT2D eigenvalue weighted by Crippen LogP contribution is -2.27. The number of carbonyl (C=O) groups is 1. The van der Waals surface area contributed by atoms with Crippen molar-refractivity contribution in [1.82, 2.24) is 0 Å². The van der Waals surface area contributed by atoms with Gasteiger partial charge in [0, 0.05) is 23.4 Å². The fourth-order valence-electron chi connectivity index (χ4n) is 1.80. The number of aryl methyl sites for hydroxylation is 1. The van der Waals surface area contributed by atoms with Gasteiger partial charge in [0.2, 0.25) is 0 Å². The minimum atomic E-state index is -0.519. The Kier molecular flexibility index (Phi) is 6.54. The van der Waals surface area contributed by atoms with Crippen molar-refractivity contribution in [2.45, 2.75) is 37.2 Å². The van der Waals surface area contributed by atoms with Crippen LogP contribution in [0.25, 0.3) is 0 Å².